The number of amides is 1. The number of rotatable bonds is 6. The number of aryl methyl sites for hydroxylation is 1. The molecule has 0 unspecified atom stereocenters. The quantitative estimate of drug-likeness (QED) is 0.390. The molecule has 0 fully saturated rings. The second-order valence-electron chi connectivity index (χ2n) is 8.34. The first-order chi connectivity index (χ1) is 17.0. The van der Waals surface area contributed by atoms with Gasteiger partial charge in [-0.15, -0.1) is 16.9 Å². The molecule has 2 N–H and O–H groups in total. The van der Waals surface area contributed by atoms with Crippen LogP contribution >= 0.6 is 11.8 Å². The number of benzene rings is 2. The minimum atomic E-state index is -0.616. The Labute approximate surface area is 201 Å². The minimum absolute atomic E-state index is 0.0945. The van der Waals surface area contributed by atoms with E-state index in [0.29, 0.717) is 59.7 Å². The van der Waals surface area contributed by atoms with Crippen LogP contribution in [-0.4, -0.2) is 37.5 Å². The summed E-state index contributed by atoms with van der Waals surface area (Å²) in [5.74, 6) is -0.455. The molecule has 2 aromatic heterocycles. The highest BCUT2D eigenvalue weighted by molar-refractivity contribution is 8.00. The SMILES string of the molecule is O=C1CSc2ccc(-n3nc(CCCN[C@@H]4Cn5c(=O)cnc6ccc(F)c4c65)oc3=O)cc2N1. The van der Waals surface area contributed by atoms with Crippen LogP contribution in [0.25, 0.3) is 16.7 Å². The van der Waals surface area contributed by atoms with Gasteiger partial charge in [0.25, 0.3) is 5.56 Å². The highest BCUT2D eigenvalue weighted by atomic mass is 32.2. The van der Waals surface area contributed by atoms with Gasteiger partial charge in [-0.2, -0.15) is 4.68 Å². The number of hydrogen-bond donors (Lipinski definition) is 2. The summed E-state index contributed by atoms with van der Waals surface area (Å²) < 4.78 is 22.6. The fourth-order valence-corrected chi connectivity index (χ4v) is 5.31. The second-order valence-corrected chi connectivity index (χ2v) is 9.35. The number of nitrogens with zero attached hydrogens (tertiary/aromatic N) is 4. The number of aromatic nitrogens is 4. The predicted molar refractivity (Wildman–Crippen MR) is 126 cm³/mol. The largest absolute Gasteiger partial charge is 0.441 e. The van der Waals surface area contributed by atoms with E-state index in [-0.39, 0.29) is 29.2 Å². The zero-order valence-corrected chi connectivity index (χ0v) is 19.1. The van der Waals surface area contributed by atoms with Crippen molar-refractivity contribution in [1.29, 1.82) is 0 Å². The van der Waals surface area contributed by atoms with Crippen LogP contribution in [0.15, 0.2) is 55.4 Å². The van der Waals surface area contributed by atoms with E-state index in [1.807, 2.05) is 6.07 Å². The maximum absolute atomic E-state index is 14.6. The Bertz CT molecular complexity index is 1610. The molecule has 2 aliphatic heterocycles. The molecule has 2 aromatic carbocycles. The number of carbonyl (C=O) groups excluding carboxylic acids is 1. The first-order valence-corrected chi connectivity index (χ1v) is 12.0. The molecule has 1 atom stereocenters. The molecule has 0 bridgehead atoms. The summed E-state index contributed by atoms with van der Waals surface area (Å²) in [5, 5.41) is 10.4. The normalized spacial score (nSPS) is 16.5. The van der Waals surface area contributed by atoms with Crippen LogP contribution < -0.4 is 21.9 Å². The monoisotopic (exact) mass is 494 g/mol. The van der Waals surface area contributed by atoms with Crippen molar-refractivity contribution in [2.24, 2.45) is 0 Å². The Balaban J connectivity index is 1.13. The van der Waals surface area contributed by atoms with Crippen molar-refractivity contribution in [3.05, 3.63) is 74.7 Å². The molecule has 0 spiro atoms. The lowest BCUT2D eigenvalue weighted by molar-refractivity contribution is -0.113. The van der Waals surface area contributed by atoms with Crippen molar-refractivity contribution in [2.45, 2.75) is 30.3 Å². The van der Waals surface area contributed by atoms with Gasteiger partial charge in [0.1, 0.15) is 5.82 Å². The standard InChI is InChI=1S/C23H19FN6O4S/c24-13-4-5-14-22-21(13)16(10-29(22)20(32)9-26-14)25-7-1-2-19-28-30(23(33)34-19)12-3-6-17-15(8-12)27-18(31)11-35-17/h3-6,8-9,16,25H,1-2,7,10-11H2,(H,27,31)/t16-/m1/s1. The van der Waals surface area contributed by atoms with Gasteiger partial charge in [0.15, 0.2) is 0 Å². The third kappa shape index (κ3) is 3.84. The van der Waals surface area contributed by atoms with Gasteiger partial charge in [-0.25, -0.2) is 14.2 Å². The summed E-state index contributed by atoms with van der Waals surface area (Å²) in [4.78, 5) is 41.3. The van der Waals surface area contributed by atoms with Crippen molar-refractivity contribution in [2.75, 3.05) is 17.6 Å². The third-order valence-corrected chi connectivity index (χ3v) is 7.17. The molecule has 1 amide bonds. The van der Waals surface area contributed by atoms with Crippen molar-refractivity contribution < 1.29 is 13.6 Å². The lowest BCUT2D eigenvalue weighted by Crippen LogP contribution is -2.26. The van der Waals surface area contributed by atoms with E-state index in [0.717, 1.165) is 9.58 Å². The lowest BCUT2D eigenvalue weighted by Gasteiger charge is -2.16. The Kier molecular flexibility index (Phi) is 5.26. The zero-order valence-electron chi connectivity index (χ0n) is 18.3. The highest BCUT2D eigenvalue weighted by Crippen LogP contribution is 2.33. The molecule has 6 rings (SSSR count). The van der Waals surface area contributed by atoms with E-state index in [4.69, 9.17) is 4.42 Å². The van der Waals surface area contributed by atoms with Gasteiger partial charge in [0.05, 0.1) is 40.4 Å². The van der Waals surface area contributed by atoms with Crippen molar-refractivity contribution in [3.8, 4) is 5.69 Å². The Morgan fingerprint density at radius 3 is 3.00 bits per heavy atom. The highest BCUT2D eigenvalue weighted by Gasteiger charge is 2.28. The molecule has 0 saturated heterocycles. The molecule has 10 nitrogen and oxygen atoms in total. The number of halogens is 1. The van der Waals surface area contributed by atoms with Crippen LogP contribution in [-0.2, 0) is 17.8 Å². The molecule has 4 heterocycles. The maximum atomic E-state index is 14.6. The number of thioether (sulfide) groups is 1. The molecule has 0 saturated carbocycles. The van der Waals surface area contributed by atoms with E-state index >= 15 is 0 Å². The van der Waals surface area contributed by atoms with E-state index < -0.39 is 5.76 Å². The van der Waals surface area contributed by atoms with E-state index in [9.17, 15) is 18.8 Å². The molecule has 2 aliphatic rings. The molecule has 0 aliphatic carbocycles. The van der Waals surface area contributed by atoms with Gasteiger partial charge in [-0.3, -0.25) is 9.59 Å². The van der Waals surface area contributed by atoms with Gasteiger partial charge >= 0.3 is 5.76 Å². The molecule has 12 heteroatoms. The average molecular weight is 495 g/mol. The molecule has 4 aromatic rings. The molecule has 35 heavy (non-hydrogen) atoms. The van der Waals surface area contributed by atoms with E-state index in [1.165, 1.54) is 24.0 Å². The number of nitrogens with one attached hydrogen (secondary N) is 2. The first kappa shape index (κ1) is 21.7. The topological polar surface area (TPSA) is 124 Å². The minimum Gasteiger partial charge on any atom is -0.392 e. The summed E-state index contributed by atoms with van der Waals surface area (Å²) in [5.41, 5.74) is 2.43. The number of hydrogen-bond acceptors (Lipinski definition) is 8. The maximum Gasteiger partial charge on any atom is 0.441 e. The fraction of sp³-hybridized carbons (Fsp3) is 0.261. The van der Waals surface area contributed by atoms with Gasteiger partial charge in [0, 0.05) is 23.4 Å². The predicted octanol–water partition coefficient (Wildman–Crippen LogP) is 2.00. The molecule has 0 radical (unpaired) electrons. The summed E-state index contributed by atoms with van der Waals surface area (Å²) in [6.07, 6.45) is 2.22. The van der Waals surface area contributed by atoms with E-state index in [1.54, 1.807) is 22.8 Å². The van der Waals surface area contributed by atoms with Gasteiger partial charge in [-0.05, 0) is 43.3 Å². The van der Waals surface area contributed by atoms with Crippen LogP contribution in [0.1, 0.15) is 23.9 Å². The van der Waals surface area contributed by atoms with Gasteiger partial charge < -0.3 is 19.6 Å². The number of carbonyl (C=O) groups is 1. The summed E-state index contributed by atoms with van der Waals surface area (Å²) in [6.45, 7) is 0.820. The van der Waals surface area contributed by atoms with Gasteiger partial charge in [0.2, 0.25) is 11.8 Å². The lowest BCUT2D eigenvalue weighted by atomic mass is 10.1. The van der Waals surface area contributed by atoms with Crippen molar-refractivity contribution in [1.82, 2.24) is 24.6 Å². The summed E-state index contributed by atoms with van der Waals surface area (Å²) in [7, 11) is 0. The van der Waals surface area contributed by atoms with Crippen LogP contribution in [0.5, 0.6) is 0 Å². The number of anilines is 1. The van der Waals surface area contributed by atoms with Gasteiger partial charge in [-0.1, -0.05) is 0 Å². The summed E-state index contributed by atoms with van der Waals surface area (Å²) >= 11 is 1.43. The van der Waals surface area contributed by atoms with Crippen LogP contribution in [0, 0.1) is 5.82 Å². The van der Waals surface area contributed by atoms with Crippen molar-refractivity contribution >= 4 is 34.4 Å². The van der Waals surface area contributed by atoms with Crippen LogP contribution in [0.3, 0.4) is 0 Å². The Hall–Kier alpha value is -3.77. The van der Waals surface area contributed by atoms with Crippen LogP contribution in [0.4, 0.5) is 10.1 Å². The van der Waals surface area contributed by atoms with Crippen molar-refractivity contribution in [3.63, 3.8) is 0 Å². The zero-order chi connectivity index (χ0) is 24.1. The Morgan fingerprint density at radius 1 is 1.23 bits per heavy atom. The number of fused-ring (bicyclic) bond motifs is 1. The smallest absolute Gasteiger partial charge is 0.392 e. The summed E-state index contributed by atoms with van der Waals surface area (Å²) in [6, 6.07) is 7.86. The molecular formula is C23H19FN6O4S. The first-order valence-electron chi connectivity index (χ1n) is 11.1. The third-order valence-electron chi connectivity index (χ3n) is 6.09. The molecular weight excluding hydrogens is 475 g/mol. The van der Waals surface area contributed by atoms with Crippen LogP contribution in [0.2, 0.25) is 0 Å². The second kappa shape index (κ2) is 8.47. The Morgan fingerprint density at radius 2 is 2.11 bits per heavy atom. The molecule has 178 valence electrons. The fourth-order valence-electron chi connectivity index (χ4n) is 4.52. The average Bonchev–Trinajstić information content (AvgIpc) is 3.42. The van der Waals surface area contributed by atoms with E-state index in [2.05, 4.69) is 20.7 Å².